The van der Waals surface area contributed by atoms with Gasteiger partial charge in [-0.2, -0.15) is 0 Å². The summed E-state index contributed by atoms with van der Waals surface area (Å²) in [5.41, 5.74) is 9.35. The van der Waals surface area contributed by atoms with Crippen molar-refractivity contribution in [1.82, 2.24) is 39.7 Å². The van der Waals surface area contributed by atoms with E-state index in [9.17, 15) is 5.11 Å². The van der Waals surface area contributed by atoms with Crippen molar-refractivity contribution in [1.29, 1.82) is 0 Å². The molecule has 0 atom stereocenters. The van der Waals surface area contributed by atoms with Crippen LogP contribution < -0.4 is 4.74 Å². The van der Waals surface area contributed by atoms with Crippen molar-refractivity contribution in [3.05, 3.63) is 145 Å². The topological polar surface area (TPSA) is 158 Å². The van der Waals surface area contributed by atoms with Crippen LogP contribution in [-0.2, 0) is 35.2 Å². The van der Waals surface area contributed by atoms with Crippen molar-refractivity contribution >= 4 is 46.2 Å². The molecule has 6 aromatic heterocycles. The van der Waals surface area contributed by atoms with E-state index < -0.39 is 0 Å². The van der Waals surface area contributed by atoms with Crippen molar-refractivity contribution in [3.63, 3.8) is 0 Å². The minimum absolute atomic E-state index is 0. The minimum Gasteiger partial charge on any atom is -0.506 e. The Balaban J connectivity index is 0.000000167. The molecular formula is C50H54Cl2N8O6. The first-order valence-electron chi connectivity index (χ1n) is 22.0. The SMILES string of the molecule is Cl.ClCCN1CCOCC1.Oc1ccc(CCc2ccc3oc(-c4cccnc4)nc3c2)nc1.c1cncc(-c2nc3cc(CCc4ccc(OCCN5CCOCC5)cn4)ccc3o2)c1. The highest BCUT2D eigenvalue weighted by molar-refractivity contribution is 6.18. The molecule has 2 aliphatic heterocycles. The summed E-state index contributed by atoms with van der Waals surface area (Å²) < 4.78 is 28.0. The van der Waals surface area contributed by atoms with Crippen LogP contribution in [0.1, 0.15) is 22.5 Å². The smallest absolute Gasteiger partial charge is 0.228 e. The van der Waals surface area contributed by atoms with Crippen molar-refractivity contribution in [2.45, 2.75) is 25.7 Å². The maximum atomic E-state index is 9.27. The second-order valence-electron chi connectivity index (χ2n) is 15.6. The quantitative estimate of drug-likeness (QED) is 0.103. The normalized spacial score (nSPS) is 14.1. The molecule has 10 rings (SSSR count). The molecular weight excluding hydrogens is 880 g/mol. The van der Waals surface area contributed by atoms with Crippen molar-refractivity contribution in [3.8, 4) is 34.4 Å². The highest BCUT2D eigenvalue weighted by atomic mass is 35.5. The summed E-state index contributed by atoms with van der Waals surface area (Å²) in [7, 11) is 0. The van der Waals surface area contributed by atoms with Crippen molar-refractivity contribution in [2.24, 2.45) is 0 Å². The summed E-state index contributed by atoms with van der Waals surface area (Å²) in [6.07, 6.45) is 13.6. The lowest BCUT2D eigenvalue weighted by Gasteiger charge is -2.26. The maximum absolute atomic E-state index is 9.27. The lowest BCUT2D eigenvalue weighted by Crippen LogP contribution is -2.38. The predicted molar refractivity (Wildman–Crippen MR) is 257 cm³/mol. The number of aryl methyl sites for hydroxylation is 4. The Morgan fingerprint density at radius 3 is 1.59 bits per heavy atom. The molecule has 14 nitrogen and oxygen atoms in total. The Bertz CT molecular complexity index is 2640. The zero-order valence-electron chi connectivity index (χ0n) is 36.7. The van der Waals surface area contributed by atoms with Crippen LogP contribution in [0.3, 0.4) is 0 Å². The molecule has 66 heavy (non-hydrogen) atoms. The van der Waals surface area contributed by atoms with E-state index in [1.807, 2.05) is 72.9 Å². The molecule has 0 bridgehead atoms. The second-order valence-corrected chi connectivity index (χ2v) is 15.9. The fourth-order valence-corrected chi connectivity index (χ4v) is 7.54. The van der Waals surface area contributed by atoms with Crippen LogP contribution in [0.4, 0.5) is 0 Å². The summed E-state index contributed by atoms with van der Waals surface area (Å²) in [5, 5.41) is 9.27. The van der Waals surface area contributed by atoms with E-state index in [0.29, 0.717) is 18.4 Å². The first kappa shape index (κ1) is 47.9. The van der Waals surface area contributed by atoms with Gasteiger partial charge in [-0.15, -0.1) is 24.0 Å². The van der Waals surface area contributed by atoms with Crippen LogP contribution in [0.2, 0.25) is 0 Å². The Morgan fingerprint density at radius 1 is 0.591 bits per heavy atom. The molecule has 2 aliphatic rings. The zero-order valence-corrected chi connectivity index (χ0v) is 38.3. The Labute approximate surface area is 395 Å². The largest absolute Gasteiger partial charge is 0.506 e. The third-order valence-electron chi connectivity index (χ3n) is 11.0. The van der Waals surface area contributed by atoms with Gasteiger partial charge in [-0.25, -0.2) is 9.97 Å². The molecule has 8 heterocycles. The fourth-order valence-electron chi connectivity index (χ4n) is 7.30. The molecule has 344 valence electrons. The number of hydrogen-bond donors (Lipinski definition) is 1. The zero-order chi connectivity index (χ0) is 44.5. The van der Waals surface area contributed by atoms with Gasteiger partial charge in [-0.3, -0.25) is 29.7 Å². The maximum Gasteiger partial charge on any atom is 0.228 e. The van der Waals surface area contributed by atoms with Crippen LogP contribution in [0, 0.1) is 0 Å². The number of morpholine rings is 2. The number of pyridine rings is 4. The summed E-state index contributed by atoms with van der Waals surface area (Å²) >= 11 is 5.55. The average Bonchev–Trinajstić information content (AvgIpc) is 4.00. The molecule has 2 saturated heterocycles. The lowest BCUT2D eigenvalue weighted by atomic mass is 10.1. The molecule has 8 aromatic rings. The van der Waals surface area contributed by atoms with E-state index in [2.05, 4.69) is 51.8 Å². The molecule has 2 aromatic carbocycles. The summed E-state index contributed by atoms with van der Waals surface area (Å²) in [5.74, 6) is 2.91. The van der Waals surface area contributed by atoms with Gasteiger partial charge >= 0.3 is 0 Å². The molecule has 0 saturated carbocycles. The minimum atomic E-state index is 0. The van der Waals surface area contributed by atoms with Gasteiger partial charge in [0.1, 0.15) is 29.1 Å². The number of aromatic hydroxyl groups is 1. The molecule has 2 fully saturated rings. The third-order valence-corrected chi connectivity index (χ3v) is 11.1. The number of hydrogen-bond acceptors (Lipinski definition) is 14. The first-order valence-corrected chi connectivity index (χ1v) is 22.6. The molecule has 0 radical (unpaired) electrons. The molecule has 0 aliphatic carbocycles. The first-order chi connectivity index (χ1) is 32.0. The Morgan fingerprint density at radius 2 is 1.12 bits per heavy atom. The molecule has 0 amide bonds. The fraction of sp³-hybridized carbons (Fsp3) is 0.320. The summed E-state index contributed by atoms with van der Waals surface area (Å²) in [4.78, 5) is 30.9. The number of oxazole rings is 2. The van der Waals surface area contributed by atoms with E-state index in [4.69, 9.17) is 34.6 Å². The van der Waals surface area contributed by atoms with Gasteiger partial charge < -0.3 is 28.2 Å². The standard InChI is InChI=1S/C25H26N4O3.C19H15N3O2.C6H12ClNO.ClH/c1-2-20(17-26-9-1)25-28-23-16-19(4-8-24(23)32-25)3-5-21-6-7-22(18-27-21)31-15-12-29-10-13-30-14-11-29;23-16-7-6-15(21-12-16)5-3-13-4-8-18-17(10-13)22-19(24-18)14-2-1-9-20-11-14;7-1-2-8-3-5-9-6-4-8;/h1-2,4,6-9,16-18H,3,5,10-15H2;1-2,4,6-12,23H,3,5H2;1-6H2;1H. The van der Waals surface area contributed by atoms with Crippen LogP contribution in [0.25, 0.3) is 45.1 Å². The number of fused-ring (bicyclic) bond motifs is 2. The number of ether oxygens (including phenoxy) is 3. The second kappa shape index (κ2) is 25.1. The monoisotopic (exact) mass is 932 g/mol. The van der Waals surface area contributed by atoms with Gasteiger partial charge in [0.05, 0.1) is 49.9 Å². The third kappa shape index (κ3) is 14.2. The van der Waals surface area contributed by atoms with E-state index in [1.165, 1.54) is 17.3 Å². The van der Waals surface area contributed by atoms with Crippen molar-refractivity contribution in [2.75, 3.05) is 78.2 Å². The number of alkyl halides is 1. The summed E-state index contributed by atoms with van der Waals surface area (Å²) in [6.45, 7) is 10.0. The average molecular weight is 934 g/mol. The highest BCUT2D eigenvalue weighted by Crippen LogP contribution is 2.26. The Hall–Kier alpha value is -6.00. The van der Waals surface area contributed by atoms with Gasteiger partial charge in [0.25, 0.3) is 0 Å². The number of halogens is 2. The van der Waals surface area contributed by atoms with E-state index in [-0.39, 0.29) is 18.2 Å². The molecule has 16 heteroatoms. The van der Waals surface area contributed by atoms with Crippen LogP contribution >= 0.6 is 24.0 Å². The molecule has 0 spiro atoms. The molecule has 0 unspecified atom stereocenters. The van der Waals surface area contributed by atoms with Gasteiger partial charge in [0.2, 0.25) is 11.8 Å². The molecule has 1 N–H and O–H groups in total. The van der Waals surface area contributed by atoms with E-state index in [0.717, 1.165) is 148 Å². The van der Waals surface area contributed by atoms with E-state index in [1.54, 1.807) is 30.9 Å². The highest BCUT2D eigenvalue weighted by Gasteiger charge is 2.13. The lowest BCUT2D eigenvalue weighted by molar-refractivity contribution is 0.0322. The van der Waals surface area contributed by atoms with Gasteiger partial charge in [-0.05, 0) is 110 Å². The van der Waals surface area contributed by atoms with Gasteiger partial charge in [0, 0.05) is 81.3 Å². The van der Waals surface area contributed by atoms with Crippen LogP contribution in [0.5, 0.6) is 11.5 Å². The number of rotatable bonds is 14. The van der Waals surface area contributed by atoms with Crippen molar-refractivity contribution < 1.29 is 28.2 Å². The number of aromatic nitrogens is 6. The van der Waals surface area contributed by atoms with Gasteiger partial charge in [0.15, 0.2) is 11.2 Å². The number of nitrogens with zero attached hydrogens (tertiary/aromatic N) is 8. The van der Waals surface area contributed by atoms with Crippen LogP contribution in [0.15, 0.2) is 131 Å². The summed E-state index contributed by atoms with van der Waals surface area (Å²) in [6, 6.07) is 27.3. The van der Waals surface area contributed by atoms with Crippen LogP contribution in [-0.4, -0.2) is 123 Å². The Kier molecular flexibility index (Phi) is 18.2. The van der Waals surface area contributed by atoms with E-state index >= 15 is 0 Å². The van der Waals surface area contributed by atoms with Gasteiger partial charge in [-0.1, -0.05) is 12.1 Å². The predicted octanol–water partition coefficient (Wildman–Crippen LogP) is 8.54. The number of benzene rings is 2.